The predicted molar refractivity (Wildman–Crippen MR) is 30.8 cm³/mol. The van der Waals surface area contributed by atoms with Gasteiger partial charge >= 0.3 is 0 Å². The summed E-state index contributed by atoms with van der Waals surface area (Å²) in [6.45, 7) is 5.63. The summed E-state index contributed by atoms with van der Waals surface area (Å²) in [5, 5.41) is 0. The van der Waals surface area contributed by atoms with Crippen LogP contribution in [-0.2, 0) is 9.47 Å². The fourth-order valence-corrected chi connectivity index (χ4v) is 0.765. The molecule has 0 aromatic rings. The van der Waals surface area contributed by atoms with Crippen molar-refractivity contribution in [2.24, 2.45) is 0 Å². The van der Waals surface area contributed by atoms with Gasteiger partial charge in [0.1, 0.15) is 6.10 Å². The third-order valence-electron chi connectivity index (χ3n) is 1.43. The lowest BCUT2D eigenvalue weighted by atomic mass is 10.2. The lowest BCUT2D eigenvalue weighted by molar-refractivity contribution is -0.177. The first kappa shape index (κ1) is 6.05. The van der Waals surface area contributed by atoms with Crippen molar-refractivity contribution in [2.75, 3.05) is 13.2 Å². The zero-order chi connectivity index (χ0) is 5.98. The normalized spacial score (nSPS) is 36.8. The second kappa shape index (κ2) is 2.46. The first-order chi connectivity index (χ1) is 3.84. The summed E-state index contributed by atoms with van der Waals surface area (Å²) < 4.78 is 10.3. The first-order valence-electron chi connectivity index (χ1n) is 3.07. The molecule has 2 unspecified atom stereocenters. The molecule has 0 aromatic carbocycles. The summed E-state index contributed by atoms with van der Waals surface area (Å²) in [6, 6.07) is 0. The van der Waals surface area contributed by atoms with Gasteiger partial charge < -0.3 is 9.47 Å². The largest absolute Gasteiger partial charge is 0.373 e. The fourth-order valence-electron chi connectivity index (χ4n) is 0.765. The molecule has 0 saturated carbocycles. The van der Waals surface area contributed by atoms with Gasteiger partial charge in [-0.15, -0.1) is 0 Å². The van der Waals surface area contributed by atoms with Crippen LogP contribution < -0.4 is 0 Å². The third kappa shape index (κ3) is 1.01. The highest BCUT2D eigenvalue weighted by Crippen LogP contribution is 2.14. The van der Waals surface area contributed by atoms with Crippen molar-refractivity contribution in [3.63, 3.8) is 0 Å². The van der Waals surface area contributed by atoms with Gasteiger partial charge in [0.05, 0.1) is 12.7 Å². The van der Waals surface area contributed by atoms with Crippen LogP contribution in [0, 0.1) is 0 Å². The molecule has 0 aromatic heterocycles. The van der Waals surface area contributed by atoms with Crippen molar-refractivity contribution in [1.29, 1.82) is 0 Å². The van der Waals surface area contributed by atoms with E-state index in [9.17, 15) is 0 Å². The highest BCUT2D eigenvalue weighted by Gasteiger charge is 2.27. The van der Waals surface area contributed by atoms with Gasteiger partial charge in [-0.2, -0.15) is 0 Å². The van der Waals surface area contributed by atoms with E-state index in [0.29, 0.717) is 12.2 Å². The molecule has 48 valence electrons. The van der Waals surface area contributed by atoms with E-state index < -0.39 is 0 Å². The molecule has 1 fully saturated rings. The van der Waals surface area contributed by atoms with Crippen molar-refractivity contribution < 1.29 is 9.47 Å². The van der Waals surface area contributed by atoms with Gasteiger partial charge in [-0.3, -0.25) is 0 Å². The van der Waals surface area contributed by atoms with Gasteiger partial charge in [0.2, 0.25) is 0 Å². The molecule has 1 heterocycles. The van der Waals surface area contributed by atoms with E-state index in [0.717, 1.165) is 13.2 Å². The molecule has 0 aliphatic carbocycles. The molecule has 0 N–H and O–H groups in total. The van der Waals surface area contributed by atoms with Crippen molar-refractivity contribution >= 4 is 0 Å². The average molecular weight is 116 g/mol. The molecular weight excluding hydrogens is 104 g/mol. The van der Waals surface area contributed by atoms with Gasteiger partial charge in [0.25, 0.3) is 0 Å². The van der Waals surface area contributed by atoms with E-state index in [2.05, 4.69) is 0 Å². The lowest BCUT2D eigenvalue weighted by Crippen LogP contribution is -2.44. The van der Waals surface area contributed by atoms with Crippen molar-refractivity contribution in [2.45, 2.75) is 26.1 Å². The maximum Gasteiger partial charge on any atom is 0.107 e. The van der Waals surface area contributed by atoms with Gasteiger partial charge in [-0.1, -0.05) is 0 Å². The molecule has 1 rings (SSSR count). The summed E-state index contributed by atoms with van der Waals surface area (Å²) in [7, 11) is 0. The van der Waals surface area contributed by atoms with Gasteiger partial charge in [0.15, 0.2) is 0 Å². The van der Waals surface area contributed by atoms with E-state index in [1.54, 1.807) is 0 Å². The van der Waals surface area contributed by atoms with Gasteiger partial charge in [-0.25, -0.2) is 0 Å². The van der Waals surface area contributed by atoms with Crippen molar-refractivity contribution in [3.8, 4) is 0 Å². The molecule has 1 saturated heterocycles. The van der Waals surface area contributed by atoms with E-state index in [-0.39, 0.29) is 0 Å². The van der Waals surface area contributed by atoms with E-state index >= 15 is 0 Å². The third-order valence-corrected chi connectivity index (χ3v) is 1.43. The maximum absolute atomic E-state index is 5.27. The van der Waals surface area contributed by atoms with Crippen molar-refractivity contribution in [1.82, 2.24) is 0 Å². The molecule has 1 aliphatic heterocycles. The average Bonchev–Trinajstić information content (AvgIpc) is 1.79. The molecule has 0 spiro atoms. The van der Waals surface area contributed by atoms with Gasteiger partial charge in [-0.05, 0) is 13.8 Å². The number of hydrogen-bond acceptors (Lipinski definition) is 2. The van der Waals surface area contributed by atoms with E-state index in [1.807, 2.05) is 13.8 Å². The minimum Gasteiger partial charge on any atom is -0.373 e. The van der Waals surface area contributed by atoms with Crippen LogP contribution in [0.4, 0.5) is 0 Å². The Kier molecular flexibility index (Phi) is 1.86. The summed E-state index contributed by atoms with van der Waals surface area (Å²) >= 11 is 0. The first-order valence-corrected chi connectivity index (χ1v) is 3.07. The Morgan fingerprint density at radius 1 is 1.75 bits per heavy atom. The highest BCUT2D eigenvalue weighted by molar-refractivity contribution is 4.74. The Morgan fingerprint density at radius 2 is 2.50 bits per heavy atom. The van der Waals surface area contributed by atoms with Gasteiger partial charge in [0, 0.05) is 6.61 Å². The SMILES string of the molecule is CCOC1COC1C. The molecule has 0 radical (unpaired) electrons. The second-order valence-electron chi connectivity index (χ2n) is 2.03. The van der Waals surface area contributed by atoms with Crippen LogP contribution in [0.2, 0.25) is 0 Å². The Bertz CT molecular complexity index is 72.9. The van der Waals surface area contributed by atoms with Crippen molar-refractivity contribution in [3.05, 3.63) is 0 Å². The molecule has 2 nitrogen and oxygen atoms in total. The minimum atomic E-state index is 0.329. The summed E-state index contributed by atoms with van der Waals surface area (Å²) in [5.41, 5.74) is 0. The zero-order valence-corrected chi connectivity index (χ0v) is 5.39. The highest BCUT2D eigenvalue weighted by atomic mass is 16.6. The standard InChI is InChI=1S/C6H12O2/c1-3-7-6-4-8-5(6)2/h5-6H,3-4H2,1-2H3. The molecule has 0 bridgehead atoms. The minimum absolute atomic E-state index is 0.329. The topological polar surface area (TPSA) is 18.5 Å². The van der Waals surface area contributed by atoms with Crippen LogP contribution in [0.5, 0.6) is 0 Å². The zero-order valence-electron chi connectivity index (χ0n) is 5.39. The predicted octanol–water partition coefficient (Wildman–Crippen LogP) is 0.810. The molecule has 2 heteroatoms. The van der Waals surface area contributed by atoms with Crippen LogP contribution in [0.25, 0.3) is 0 Å². The molecular formula is C6H12O2. The quantitative estimate of drug-likeness (QED) is 0.531. The molecule has 1 aliphatic rings. The number of rotatable bonds is 2. The Hall–Kier alpha value is -0.0800. The van der Waals surface area contributed by atoms with Crippen LogP contribution in [0.1, 0.15) is 13.8 Å². The summed E-state index contributed by atoms with van der Waals surface area (Å²) in [5.74, 6) is 0. The Balaban J connectivity index is 2.08. The van der Waals surface area contributed by atoms with Crippen LogP contribution in [0.3, 0.4) is 0 Å². The Labute approximate surface area is 49.8 Å². The van der Waals surface area contributed by atoms with E-state index in [1.165, 1.54) is 0 Å². The smallest absolute Gasteiger partial charge is 0.107 e. The summed E-state index contributed by atoms with van der Waals surface area (Å²) in [6.07, 6.45) is 0.704. The lowest BCUT2D eigenvalue weighted by Gasteiger charge is -2.33. The van der Waals surface area contributed by atoms with Crippen LogP contribution >= 0.6 is 0 Å². The Morgan fingerprint density at radius 3 is 2.62 bits per heavy atom. The molecule has 2 atom stereocenters. The van der Waals surface area contributed by atoms with Crippen LogP contribution in [0.15, 0.2) is 0 Å². The van der Waals surface area contributed by atoms with E-state index in [4.69, 9.17) is 9.47 Å². The number of ether oxygens (including phenoxy) is 2. The van der Waals surface area contributed by atoms with Crippen LogP contribution in [-0.4, -0.2) is 25.4 Å². The number of hydrogen-bond donors (Lipinski definition) is 0. The summed E-state index contributed by atoms with van der Waals surface area (Å²) in [4.78, 5) is 0. The fraction of sp³-hybridized carbons (Fsp3) is 1.00. The molecule has 8 heavy (non-hydrogen) atoms. The maximum atomic E-state index is 5.27. The molecule has 0 amide bonds. The second-order valence-corrected chi connectivity index (χ2v) is 2.03. The monoisotopic (exact) mass is 116 g/mol.